The van der Waals surface area contributed by atoms with Gasteiger partial charge in [-0.15, -0.1) is 0 Å². The summed E-state index contributed by atoms with van der Waals surface area (Å²) in [6.07, 6.45) is -5.08. The highest BCUT2D eigenvalue weighted by Gasteiger charge is 2.50. The van der Waals surface area contributed by atoms with E-state index in [-0.39, 0.29) is 59.1 Å². The summed E-state index contributed by atoms with van der Waals surface area (Å²) >= 11 is 11.9. The predicted molar refractivity (Wildman–Crippen MR) is 137 cm³/mol. The van der Waals surface area contributed by atoms with Crippen molar-refractivity contribution in [3.05, 3.63) is 57.8 Å². The molecular formula is C22H21Cl2F4N3O8S2. The third-order valence-electron chi connectivity index (χ3n) is 5.30. The molecule has 41 heavy (non-hydrogen) atoms. The second-order valence-corrected chi connectivity index (χ2v) is 13.0. The SMILES string of the molecule is N#Cc1ccc(OCC2(COS(=O)(=O)CCN)CN(S(=O)(=O)c3ccc(Cl)cc3Cl)C2)cc1F.O=C(O)C(F)(F)F. The molecule has 19 heteroatoms. The van der Waals surface area contributed by atoms with Gasteiger partial charge in [0, 0.05) is 30.7 Å². The second kappa shape index (κ2) is 13.5. The summed E-state index contributed by atoms with van der Waals surface area (Å²) in [5.41, 5.74) is 4.06. The molecule has 0 saturated carbocycles. The van der Waals surface area contributed by atoms with Gasteiger partial charge in [0.25, 0.3) is 10.1 Å². The van der Waals surface area contributed by atoms with Crippen LogP contribution in [0.2, 0.25) is 10.0 Å². The fourth-order valence-corrected chi connectivity index (χ4v) is 6.50. The number of ether oxygens (including phenoxy) is 1. The van der Waals surface area contributed by atoms with Gasteiger partial charge in [0.05, 0.1) is 35.0 Å². The monoisotopic (exact) mass is 665 g/mol. The van der Waals surface area contributed by atoms with Gasteiger partial charge in [-0.3, -0.25) is 4.18 Å². The number of rotatable bonds is 10. The van der Waals surface area contributed by atoms with Gasteiger partial charge in [-0.1, -0.05) is 23.2 Å². The zero-order chi connectivity index (χ0) is 31.2. The van der Waals surface area contributed by atoms with Crippen LogP contribution in [0.3, 0.4) is 0 Å². The Bertz CT molecular complexity index is 1530. The Labute approximate surface area is 242 Å². The number of nitrogens with zero attached hydrogens (tertiary/aromatic N) is 2. The third-order valence-corrected chi connectivity index (χ3v) is 9.02. The molecule has 1 fully saturated rings. The number of benzene rings is 2. The highest BCUT2D eigenvalue weighted by Crippen LogP contribution is 2.38. The first-order valence-electron chi connectivity index (χ1n) is 11.0. The number of hydrogen-bond donors (Lipinski definition) is 2. The fourth-order valence-electron chi connectivity index (χ4n) is 3.25. The van der Waals surface area contributed by atoms with E-state index in [4.69, 9.17) is 53.0 Å². The number of halogens is 6. The maximum absolute atomic E-state index is 13.9. The molecule has 1 aliphatic heterocycles. The van der Waals surface area contributed by atoms with E-state index < -0.39 is 49.3 Å². The molecule has 3 rings (SSSR count). The third kappa shape index (κ3) is 9.39. The fraction of sp³-hybridized carbons (Fsp3) is 0.364. The van der Waals surface area contributed by atoms with Crippen LogP contribution in [0.25, 0.3) is 0 Å². The van der Waals surface area contributed by atoms with Crippen LogP contribution >= 0.6 is 23.2 Å². The lowest BCUT2D eigenvalue weighted by Crippen LogP contribution is -2.63. The predicted octanol–water partition coefficient (Wildman–Crippen LogP) is 3.01. The van der Waals surface area contributed by atoms with Gasteiger partial charge in [-0.2, -0.15) is 31.2 Å². The molecule has 0 spiro atoms. The van der Waals surface area contributed by atoms with Crippen molar-refractivity contribution in [2.75, 3.05) is 38.6 Å². The van der Waals surface area contributed by atoms with Crippen LogP contribution < -0.4 is 10.5 Å². The molecule has 0 amide bonds. The van der Waals surface area contributed by atoms with Crippen LogP contribution in [-0.4, -0.2) is 77.0 Å². The van der Waals surface area contributed by atoms with E-state index in [1.807, 2.05) is 0 Å². The summed E-state index contributed by atoms with van der Waals surface area (Å²) in [6, 6.07) is 9.28. The zero-order valence-electron chi connectivity index (χ0n) is 20.6. The molecule has 1 aliphatic rings. The molecule has 0 unspecified atom stereocenters. The van der Waals surface area contributed by atoms with E-state index >= 15 is 0 Å². The van der Waals surface area contributed by atoms with Crippen LogP contribution in [0.15, 0.2) is 41.3 Å². The Kier molecular flexibility index (Phi) is 11.4. The van der Waals surface area contributed by atoms with Crippen LogP contribution in [-0.2, 0) is 29.1 Å². The number of carboxylic acid groups (broad SMARTS) is 1. The van der Waals surface area contributed by atoms with Gasteiger partial charge in [-0.25, -0.2) is 17.6 Å². The van der Waals surface area contributed by atoms with Gasteiger partial charge in [-0.05, 0) is 30.3 Å². The van der Waals surface area contributed by atoms with Crippen molar-refractivity contribution < 1.29 is 53.2 Å². The lowest BCUT2D eigenvalue weighted by Gasteiger charge is -2.48. The maximum atomic E-state index is 13.9. The van der Waals surface area contributed by atoms with E-state index in [0.29, 0.717) is 0 Å². The minimum atomic E-state index is -5.08. The Morgan fingerprint density at radius 1 is 1.12 bits per heavy atom. The highest BCUT2D eigenvalue weighted by molar-refractivity contribution is 7.89. The van der Waals surface area contributed by atoms with Crippen molar-refractivity contribution in [1.82, 2.24) is 4.31 Å². The molecule has 226 valence electrons. The number of hydrogen-bond acceptors (Lipinski definition) is 9. The van der Waals surface area contributed by atoms with Crippen LogP contribution in [0, 0.1) is 22.6 Å². The Morgan fingerprint density at radius 2 is 1.73 bits per heavy atom. The molecule has 0 aromatic heterocycles. The van der Waals surface area contributed by atoms with Gasteiger partial charge in [0.1, 0.15) is 22.5 Å². The average molecular weight is 666 g/mol. The van der Waals surface area contributed by atoms with Crippen molar-refractivity contribution in [2.45, 2.75) is 11.1 Å². The molecule has 2 aromatic rings. The van der Waals surface area contributed by atoms with Gasteiger partial charge in [0.2, 0.25) is 10.0 Å². The Morgan fingerprint density at radius 3 is 2.22 bits per heavy atom. The van der Waals surface area contributed by atoms with Crippen LogP contribution in [0.5, 0.6) is 5.75 Å². The van der Waals surface area contributed by atoms with Gasteiger partial charge >= 0.3 is 12.1 Å². The molecule has 1 saturated heterocycles. The van der Waals surface area contributed by atoms with Crippen molar-refractivity contribution in [3.8, 4) is 11.8 Å². The largest absolute Gasteiger partial charge is 0.493 e. The summed E-state index contributed by atoms with van der Waals surface area (Å²) in [5.74, 6) is -3.87. The standard InChI is InChI=1S/C20H20Cl2FN3O6S2.C2HF3O2/c21-15-2-4-19(17(22)7-15)34(29,30)26-10-20(11-26,13-32-33(27,28)6-5-24)12-31-16-3-1-14(9-25)18(23)8-16;3-2(4,5)1(6)7/h1-4,7-8H,5-6,10-13,24H2;(H,6,7). The highest BCUT2D eigenvalue weighted by atomic mass is 35.5. The summed E-state index contributed by atoms with van der Waals surface area (Å²) < 4.78 is 107. The van der Waals surface area contributed by atoms with Gasteiger partial charge in [0.15, 0.2) is 0 Å². The average Bonchev–Trinajstić information content (AvgIpc) is 2.82. The van der Waals surface area contributed by atoms with Crippen molar-refractivity contribution in [3.63, 3.8) is 0 Å². The lowest BCUT2D eigenvalue weighted by molar-refractivity contribution is -0.192. The van der Waals surface area contributed by atoms with Crippen molar-refractivity contribution in [2.24, 2.45) is 11.1 Å². The van der Waals surface area contributed by atoms with Crippen molar-refractivity contribution in [1.29, 1.82) is 5.26 Å². The Balaban J connectivity index is 0.000000745. The van der Waals surface area contributed by atoms with Gasteiger partial charge < -0.3 is 15.6 Å². The van der Waals surface area contributed by atoms with Crippen molar-refractivity contribution >= 4 is 49.3 Å². The van der Waals surface area contributed by atoms with E-state index in [0.717, 1.165) is 10.4 Å². The number of carboxylic acids is 1. The molecule has 0 radical (unpaired) electrons. The number of aliphatic carboxylic acids is 1. The number of nitriles is 1. The first kappa shape index (κ1) is 34.5. The first-order valence-corrected chi connectivity index (χ1v) is 14.8. The molecule has 0 aliphatic carbocycles. The number of carbonyl (C=O) groups is 1. The summed E-state index contributed by atoms with van der Waals surface area (Å²) in [7, 11) is -7.95. The quantitative estimate of drug-likeness (QED) is 0.283. The summed E-state index contributed by atoms with van der Waals surface area (Å²) in [6.45, 7) is -1.01. The molecule has 0 bridgehead atoms. The van der Waals surface area contributed by atoms with Crippen LogP contribution in [0.1, 0.15) is 5.56 Å². The first-order chi connectivity index (χ1) is 18.9. The number of alkyl halides is 3. The zero-order valence-corrected chi connectivity index (χ0v) is 23.7. The minimum Gasteiger partial charge on any atom is -0.493 e. The Hall–Kier alpha value is -2.72. The molecule has 3 N–H and O–H groups in total. The second-order valence-electron chi connectivity index (χ2n) is 8.51. The minimum absolute atomic E-state index is 0.0592. The summed E-state index contributed by atoms with van der Waals surface area (Å²) in [4.78, 5) is 8.74. The number of sulfonamides is 1. The molecule has 11 nitrogen and oxygen atoms in total. The number of nitrogens with two attached hydrogens (primary N) is 1. The lowest BCUT2D eigenvalue weighted by atomic mass is 9.83. The normalized spacial score (nSPS) is 15.2. The molecular weight excluding hydrogens is 645 g/mol. The molecule has 0 atom stereocenters. The van der Waals surface area contributed by atoms with Crippen LogP contribution in [0.4, 0.5) is 17.6 Å². The smallest absolute Gasteiger partial charge is 0.490 e. The maximum Gasteiger partial charge on any atom is 0.490 e. The van der Waals surface area contributed by atoms with E-state index in [9.17, 15) is 34.4 Å². The van der Waals surface area contributed by atoms with E-state index in [1.165, 1.54) is 30.3 Å². The molecule has 2 aromatic carbocycles. The summed E-state index contributed by atoms with van der Waals surface area (Å²) in [5, 5.41) is 16.2. The molecule has 1 heterocycles. The topological polar surface area (TPSA) is 177 Å². The van der Waals surface area contributed by atoms with E-state index in [1.54, 1.807) is 6.07 Å². The van der Waals surface area contributed by atoms with E-state index in [2.05, 4.69) is 0 Å².